The van der Waals surface area contributed by atoms with Crippen LogP contribution < -0.4 is 27.7 Å². The second-order valence-electron chi connectivity index (χ2n) is 17.0. The van der Waals surface area contributed by atoms with E-state index in [1.54, 1.807) is 30.3 Å². The molecule has 75 heavy (non-hydrogen) atoms. The standard InChI is InChI=1S/C15H14ClN3O.C14H11Cl2N3.2C14H12FN3/c16-11-5-1-4-8-14(11)20-10-9-19-13-7-3-2-6-12(13)18-15(19)17;15-10-6-5-9(7-11(10)16)8-19-13-4-2-1-3-12(13)18-14(19)17;15-11-5-3-4-10(8-11)9-18-13-7-2-1-6-12(13)17-14(18)16;15-11-6-2-1-5-10(11)9-18-13-8-4-3-7-12(13)17-14(18)16/h1-8H,9-10H2,(H2,17,18);1-7H,8H2,(H2,17,18);2*1-8H,9H2,(H2,16,17). The Balaban J connectivity index is 0.000000123. The lowest BCUT2D eigenvalue weighted by Gasteiger charge is -2.09. The predicted molar refractivity (Wildman–Crippen MR) is 300 cm³/mol. The average molecular weight is 1060 g/mol. The van der Waals surface area contributed by atoms with E-state index in [0.717, 1.165) is 55.3 Å². The highest BCUT2D eigenvalue weighted by Crippen LogP contribution is 2.27. The van der Waals surface area contributed by atoms with Crippen molar-refractivity contribution in [2.75, 3.05) is 29.5 Å². The number of anilines is 4. The number of ether oxygens (including phenoxy) is 1. The molecule has 0 spiro atoms. The zero-order valence-electron chi connectivity index (χ0n) is 40.1. The molecule has 0 aliphatic heterocycles. The molecule has 0 saturated heterocycles. The van der Waals surface area contributed by atoms with E-state index < -0.39 is 0 Å². The average Bonchev–Trinajstić information content (AvgIpc) is 4.12. The first-order valence-electron chi connectivity index (χ1n) is 23.5. The molecule has 4 aromatic heterocycles. The van der Waals surface area contributed by atoms with Crippen molar-refractivity contribution in [3.8, 4) is 5.75 Å². The molecule has 0 radical (unpaired) electrons. The van der Waals surface area contributed by atoms with Crippen molar-refractivity contribution >= 4 is 103 Å². The fourth-order valence-electron chi connectivity index (χ4n) is 8.35. The first-order chi connectivity index (χ1) is 36.4. The summed E-state index contributed by atoms with van der Waals surface area (Å²) < 4.78 is 40.1. The van der Waals surface area contributed by atoms with Crippen LogP contribution in [0, 0.1) is 11.6 Å². The molecule has 0 fully saturated rings. The Hall–Kier alpha value is -8.63. The van der Waals surface area contributed by atoms with Gasteiger partial charge in [0.1, 0.15) is 24.0 Å². The molecule has 0 bridgehead atoms. The third-order valence-corrected chi connectivity index (χ3v) is 13.0. The normalized spacial score (nSPS) is 10.9. The molecule has 8 N–H and O–H groups in total. The molecule has 4 heterocycles. The van der Waals surface area contributed by atoms with E-state index in [1.165, 1.54) is 18.2 Å². The largest absolute Gasteiger partial charge is 0.490 e. The van der Waals surface area contributed by atoms with Crippen molar-refractivity contribution in [1.82, 2.24) is 38.2 Å². The van der Waals surface area contributed by atoms with Gasteiger partial charge in [0, 0.05) is 5.56 Å². The summed E-state index contributed by atoms with van der Waals surface area (Å²) in [5.41, 5.74) is 33.5. The predicted octanol–water partition coefficient (Wildman–Crippen LogP) is 12.9. The van der Waals surface area contributed by atoms with Crippen LogP contribution in [-0.4, -0.2) is 44.8 Å². The number of hydrogen-bond acceptors (Lipinski definition) is 9. The minimum Gasteiger partial charge on any atom is -0.490 e. The Morgan fingerprint density at radius 2 is 0.840 bits per heavy atom. The maximum Gasteiger partial charge on any atom is 0.201 e. The summed E-state index contributed by atoms with van der Waals surface area (Å²) in [6.07, 6.45) is 0. The molecule has 8 aromatic carbocycles. The summed E-state index contributed by atoms with van der Waals surface area (Å²) in [6.45, 7) is 2.62. The summed E-state index contributed by atoms with van der Waals surface area (Å²) >= 11 is 18.0. The monoisotopic (exact) mass is 1060 g/mol. The quantitative estimate of drug-likeness (QED) is 0.103. The van der Waals surface area contributed by atoms with E-state index in [9.17, 15) is 8.78 Å². The molecule has 18 heteroatoms. The second-order valence-corrected chi connectivity index (χ2v) is 18.2. The summed E-state index contributed by atoms with van der Waals surface area (Å²) in [5, 5.41) is 1.70. The Labute approximate surface area is 445 Å². The minimum absolute atomic E-state index is 0.227. The molecule has 12 rings (SSSR count). The number of rotatable bonds is 10. The van der Waals surface area contributed by atoms with E-state index in [1.807, 2.05) is 158 Å². The highest BCUT2D eigenvalue weighted by Gasteiger charge is 2.13. The number of hydrogen-bond donors (Lipinski definition) is 4. The maximum atomic E-state index is 13.6. The number of benzene rings is 8. The van der Waals surface area contributed by atoms with Crippen molar-refractivity contribution in [2.24, 2.45) is 0 Å². The van der Waals surface area contributed by atoms with Crippen LogP contribution in [0.25, 0.3) is 44.1 Å². The third kappa shape index (κ3) is 12.3. The molecule has 0 unspecified atom stereocenters. The summed E-state index contributed by atoms with van der Waals surface area (Å²) in [7, 11) is 0. The Kier molecular flexibility index (Phi) is 16.1. The van der Waals surface area contributed by atoms with Gasteiger partial charge in [-0.2, -0.15) is 0 Å². The fourth-order valence-corrected chi connectivity index (χ4v) is 8.87. The van der Waals surface area contributed by atoms with Gasteiger partial charge in [0.25, 0.3) is 0 Å². The van der Waals surface area contributed by atoms with Gasteiger partial charge in [-0.1, -0.05) is 132 Å². The summed E-state index contributed by atoms with van der Waals surface area (Å²) in [4.78, 5) is 17.2. The molecule has 0 aliphatic rings. The van der Waals surface area contributed by atoms with Gasteiger partial charge < -0.3 is 45.9 Å². The van der Waals surface area contributed by atoms with Crippen molar-refractivity contribution in [1.29, 1.82) is 0 Å². The van der Waals surface area contributed by atoms with E-state index in [2.05, 4.69) is 19.9 Å². The zero-order valence-corrected chi connectivity index (χ0v) is 42.4. The molecule has 0 amide bonds. The molecule has 13 nitrogen and oxygen atoms in total. The van der Waals surface area contributed by atoms with E-state index in [4.69, 9.17) is 62.5 Å². The van der Waals surface area contributed by atoms with Crippen LogP contribution in [0.2, 0.25) is 15.1 Å². The van der Waals surface area contributed by atoms with E-state index >= 15 is 0 Å². The number of halogens is 5. The molecule has 378 valence electrons. The number of nitrogens with zero attached hydrogens (tertiary/aromatic N) is 8. The lowest BCUT2D eigenvalue weighted by Crippen LogP contribution is -2.10. The van der Waals surface area contributed by atoms with Gasteiger partial charge in [-0.15, -0.1) is 0 Å². The SMILES string of the molecule is Nc1nc2ccccc2n1CCOc1ccccc1Cl.Nc1nc2ccccc2n1Cc1ccc(Cl)c(Cl)c1.Nc1nc2ccccc2n1Cc1cccc(F)c1.Nc1nc2ccccc2n1Cc1ccccc1F. The van der Waals surface area contributed by atoms with Crippen LogP contribution in [-0.2, 0) is 26.2 Å². The highest BCUT2D eigenvalue weighted by molar-refractivity contribution is 6.42. The number of nitrogen functional groups attached to an aromatic ring is 4. The maximum absolute atomic E-state index is 13.6. The molecular formula is C57H49Cl3F2N12O. The number of nitrogens with two attached hydrogens (primary N) is 4. The van der Waals surface area contributed by atoms with Gasteiger partial charge in [0.2, 0.25) is 23.8 Å². The van der Waals surface area contributed by atoms with E-state index in [0.29, 0.717) is 83.0 Å². The van der Waals surface area contributed by atoms with Crippen molar-refractivity contribution in [3.05, 3.63) is 231 Å². The Morgan fingerprint density at radius 1 is 0.400 bits per heavy atom. The van der Waals surface area contributed by atoms with Gasteiger partial charge in [-0.25, -0.2) is 28.7 Å². The lowest BCUT2D eigenvalue weighted by molar-refractivity contribution is 0.301. The van der Waals surface area contributed by atoms with Gasteiger partial charge in [0.05, 0.1) is 85.4 Å². The second kappa shape index (κ2) is 23.5. The zero-order chi connectivity index (χ0) is 52.4. The van der Waals surface area contributed by atoms with Gasteiger partial charge in [-0.3, -0.25) is 0 Å². The molecule has 0 atom stereocenters. The van der Waals surface area contributed by atoms with Crippen LogP contribution in [0.3, 0.4) is 0 Å². The van der Waals surface area contributed by atoms with Gasteiger partial charge in [-0.05, 0) is 102 Å². The lowest BCUT2D eigenvalue weighted by atomic mass is 10.2. The Morgan fingerprint density at radius 3 is 1.35 bits per heavy atom. The topological polar surface area (TPSA) is 185 Å². The summed E-state index contributed by atoms with van der Waals surface area (Å²) in [6, 6.07) is 57.2. The van der Waals surface area contributed by atoms with E-state index in [-0.39, 0.29) is 11.6 Å². The van der Waals surface area contributed by atoms with Crippen LogP contribution >= 0.6 is 34.8 Å². The smallest absolute Gasteiger partial charge is 0.201 e. The van der Waals surface area contributed by atoms with Crippen LogP contribution in [0.1, 0.15) is 16.7 Å². The first-order valence-corrected chi connectivity index (χ1v) is 24.7. The summed E-state index contributed by atoms with van der Waals surface area (Å²) in [5.74, 6) is 2.04. The first kappa shape index (κ1) is 51.3. The number of aromatic nitrogens is 8. The van der Waals surface area contributed by atoms with Crippen LogP contribution in [0.4, 0.5) is 32.6 Å². The molecule has 0 saturated carbocycles. The van der Waals surface area contributed by atoms with Crippen molar-refractivity contribution in [3.63, 3.8) is 0 Å². The van der Waals surface area contributed by atoms with Crippen LogP contribution in [0.5, 0.6) is 5.75 Å². The minimum atomic E-state index is -0.240. The Bertz CT molecular complexity index is 3910. The van der Waals surface area contributed by atoms with Crippen molar-refractivity contribution < 1.29 is 13.5 Å². The van der Waals surface area contributed by atoms with Gasteiger partial charge >= 0.3 is 0 Å². The van der Waals surface area contributed by atoms with Crippen LogP contribution in [0.15, 0.2) is 188 Å². The molecular weight excluding hydrogens is 1010 g/mol. The fraction of sp³-hybridized carbons (Fsp3) is 0.0877. The van der Waals surface area contributed by atoms with Gasteiger partial charge in [0.15, 0.2) is 0 Å². The highest BCUT2D eigenvalue weighted by atomic mass is 35.5. The molecule has 12 aromatic rings. The number of fused-ring (bicyclic) bond motifs is 4. The number of imidazole rings is 4. The van der Waals surface area contributed by atoms with Crippen molar-refractivity contribution in [2.45, 2.75) is 26.2 Å². The molecule has 0 aliphatic carbocycles. The number of para-hydroxylation sites is 9. The third-order valence-electron chi connectivity index (χ3n) is 12.0.